The Bertz CT molecular complexity index is 326. The molecule has 0 N–H and O–H groups in total. The third-order valence-corrected chi connectivity index (χ3v) is 1.24. The fraction of sp³-hybridized carbons (Fsp3) is 0.286. The summed E-state index contributed by atoms with van der Waals surface area (Å²) in [4.78, 5) is 3.34. The first-order chi connectivity index (χ1) is 6.44. The van der Waals surface area contributed by atoms with Gasteiger partial charge in [0.15, 0.2) is 5.75 Å². The Labute approximate surface area is 76.3 Å². The van der Waals surface area contributed by atoms with E-state index in [4.69, 9.17) is 0 Å². The van der Waals surface area contributed by atoms with Crippen LogP contribution in [0, 0.1) is 5.82 Å². The van der Waals surface area contributed by atoms with Crippen molar-refractivity contribution in [1.29, 1.82) is 0 Å². The van der Waals surface area contributed by atoms with Gasteiger partial charge in [-0.25, -0.2) is 4.98 Å². The Kier molecular flexibility index (Phi) is 2.78. The minimum atomic E-state index is -4.94. The number of halogens is 4. The highest BCUT2D eigenvalue weighted by Crippen LogP contribution is 2.28. The summed E-state index contributed by atoms with van der Waals surface area (Å²) in [7, 11) is 1.09. The minimum absolute atomic E-state index is 0.549. The zero-order chi connectivity index (χ0) is 10.8. The minimum Gasteiger partial charge on any atom is -0.479 e. The second-order valence-electron chi connectivity index (χ2n) is 2.18. The number of pyridine rings is 1. The number of aromatic nitrogens is 1. The average molecular weight is 211 g/mol. The Hall–Kier alpha value is -1.53. The average Bonchev–Trinajstić information content (AvgIpc) is 2.06. The van der Waals surface area contributed by atoms with Gasteiger partial charge in [0.25, 0.3) is 5.88 Å². The molecule has 0 fully saturated rings. The first-order valence-corrected chi connectivity index (χ1v) is 3.38. The summed E-state index contributed by atoms with van der Waals surface area (Å²) in [5, 5.41) is 0. The highest BCUT2D eigenvalue weighted by atomic mass is 19.4. The molecule has 1 heterocycles. The van der Waals surface area contributed by atoms with Gasteiger partial charge in [0.2, 0.25) is 5.82 Å². The Morgan fingerprint density at radius 1 is 1.36 bits per heavy atom. The molecule has 0 saturated carbocycles. The number of nitrogens with zero attached hydrogens (tertiary/aromatic N) is 1. The van der Waals surface area contributed by atoms with E-state index in [-0.39, 0.29) is 0 Å². The smallest absolute Gasteiger partial charge is 0.479 e. The Morgan fingerprint density at radius 3 is 2.50 bits per heavy atom. The van der Waals surface area contributed by atoms with Crippen LogP contribution in [0.1, 0.15) is 0 Å². The molecule has 0 amide bonds. The van der Waals surface area contributed by atoms with E-state index in [1.54, 1.807) is 0 Å². The lowest BCUT2D eigenvalue weighted by Crippen LogP contribution is -2.18. The number of hydrogen-bond acceptors (Lipinski definition) is 3. The predicted molar refractivity (Wildman–Crippen MR) is 37.4 cm³/mol. The van der Waals surface area contributed by atoms with E-state index in [1.165, 1.54) is 0 Å². The number of ether oxygens (including phenoxy) is 2. The standard InChI is InChI=1S/C7H5F4NO2/c1-13-6-5(8)4(2-3-12-6)14-7(9,10)11/h2-3H,1H3. The van der Waals surface area contributed by atoms with Crippen LogP contribution in [-0.2, 0) is 0 Å². The van der Waals surface area contributed by atoms with Crippen LogP contribution in [0.4, 0.5) is 17.6 Å². The molecule has 1 aromatic rings. The van der Waals surface area contributed by atoms with Crippen molar-refractivity contribution in [3.8, 4) is 11.6 Å². The van der Waals surface area contributed by atoms with Gasteiger partial charge >= 0.3 is 6.36 Å². The second kappa shape index (κ2) is 3.69. The maximum absolute atomic E-state index is 13.0. The molecule has 7 heteroatoms. The van der Waals surface area contributed by atoms with Gasteiger partial charge in [-0.3, -0.25) is 0 Å². The quantitative estimate of drug-likeness (QED) is 0.702. The number of hydrogen-bond donors (Lipinski definition) is 0. The molecule has 0 aromatic carbocycles. The predicted octanol–water partition coefficient (Wildman–Crippen LogP) is 2.13. The Morgan fingerprint density at radius 2 is 2.00 bits per heavy atom. The van der Waals surface area contributed by atoms with Gasteiger partial charge in [-0.15, -0.1) is 13.2 Å². The van der Waals surface area contributed by atoms with Gasteiger partial charge in [0.05, 0.1) is 7.11 Å². The van der Waals surface area contributed by atoms with Crippen LogP contribution in [0.2, 0.25) is 0 Å². The third-order valence-electron chi connectivity index (χ3n) is 1.24. The van der Waals surface area contributed by atoms with Gasteiger partial charge in [-0.1, -0.05) is 0 Å². The normalized spacial score (nSPS) is 11.2. The molecule has 1 aromatic heterocycles. The van der Waals surface area contributed by atoms with Crippen LogP contribution < -0.4 is 9.47 Å². The van der Waals surface area contributed by atoms with Gasteiger partial charge in [0.1, 0.15) is 0 Å². The van der Waals surface area contributed by atoms with E-state index in [9.17, 15) is 17.6 Å². The lowest BCUT2D eigenvalue weighted by molar-refractivity contribution is -0.275. The summed E-state index contributed by atoms with van der Waals surface area (Å²) in [6, 6.07) is 0.755. The summed E-state index contributed by atoms with van der Waals surface area (Å²) in [6.45, 7) is 0. The molecule has 0 aliphatic rings. The largest absolute Gasteiger partial charge is 0.573 e. The molecular formula is C7H5F4NO2. The molecule has 1 rings (SSSR count). The number of rotatable bonds is 2. The molecular weight excluding hydrogens is 206 g/mol. The van der Waals surface area contributed by atoms with Gasteiger partial charge in [-0.05, 0) is 0 Å². The van der Waals surface area contributed by atoms with E-state index >= 15 is 0 Å². The zero-order valence-electron chi connectivity index (χ0n) is 6.93. The van der Waals surface area contributed by atoms with E-state index < -0.39 is 23.8 Å². The van der Waals surface area contributed by atoms with Crippen molar-refractivity contribution in [2.75, 3.05) is 7.11 Å². The maximum Gasteiger partial charge on any atom is 0.573 e. The van der Waals surface area contributed by atoms with Crippen LogP contribution in [0.15, 0.2) is 12.3 Å². The van der Waals surface area contributed by atoms with Crippen LogP contribution in [0.3, 0.4) is 0 Å². The summed E-state index contributed by atoms with van der Waals surface area (Å²) < 4.78 is 55.9. The molecule has 78 valence electrons. The van der Waals surface area contributed by atoms with Crippen molar-refractivity contribution < 1.29 is 27.0 Å². The van der Waals surface area contributed by atoms with Crippen molar-refractivity contribution in [3.05, 3.63) is 18.1 Å². The van der Waals surface area contributed by atoms with Crippen LogP contribution in [0.25, 0.3) is 0 Å². The first kappa shape index (κ1) is 10.6. The summed E-state index contributed by atoms with van der Waals surface area (Å²) in [5.74, 6) is -2.80. The first-order valence-electron chi connectivity index (χ1n) is 3.38. The van der Waals surface area contributed by atoms with E-state index in [1.807, 2.05) is 0 Å². The number of alkyl halides is 3. The summed E-state index contributed by atoms with van der Waals surface area (Å²) in [6.07, 6.45) is -3.99. The number of methoxy groups -OCH3 is 1. The Balaban J connectivity index is 2.98. The van der Waals surface area contributed by atoms with Gasteiger partial charge in [0, 0.05) is 12.3 Å². The zero-order valence-corrected chi connectivity index (χ0v) is 6.93. The SMILES string of the molecule is COc1nccc(OC(F)(F)F)c1F. The van der Waals surface area contributed by atoms with E-state index in [0.717, 1.165) is 19.4 Å². The third kappa shape index (κ3) is 2.48. The molecule has 0 aliphatic heterocycles. The van der Waals surface area contributed by atoms with Crippen LogP contribution >= 0.6 is 0 Å². The monoisotopic (exact) mass is 211 g/mol. The fourth-order valence-electron chi connectivity index (χ4n) is 0.754. The maximum atomic E-state index is 13.0. The van der Waals surface area contributed by atoms with Crippen molar-refractivity contribution in [2.45, 2.75) is 6.36 Å². The highest BCUT2D eigenvalue weighted by molar-refractivity contribution is 5.29. The van der Waals surface area contributed by atoms with Crippen molar-refractivity contribution in [2.24, 2.45) is 0 Å². The molecule has 0 saturated heterocycles. The fourth-order valence-corrected chi connectivity index (χ4v) is 0.754. The van der Waals surface area contributed by atoms with E-state index in [2.05, 4.69) is 14.5 Å². The second-order valence-corrected chi connectivity index (χ2v) is 2.18. The van der Waals surface area contributed by atoms with Crippen molar-refractivity contribution in [1.82, 2.24) is 4.98 Å². The lowest BCUT2D eigenvalue weighted by atomic mass is 10.4. The topological polar surface area (TPSA) is 31.4 Å². The molecule has 0 bridgehead atoms. The summed E-state index contributed by atoms with van der Waals surface area (Å²) >= 11 is 0. The van der Waals surface area contributed by atoms with Gasteiger partial charge < -0.3 is 9.47 Å². The molecule has 0 radical (unpaired) electrons. The molecule has 0 unspecified atom stereocenters. The van der Waals surface area contributed by atoms with Crippen molar-refractivity contribution in [3.63, 3.8) is 0 Å². The molecule has 0 atom stereocenters. The lowest BCUT2D eigenvalue weighted by Gasteiger charge is -2.10. The molecule has 14 heavy (non-hydrogen) atoms. The van der Waals surface area contributed by atoms with Gasteiger partial charge in [-0.2, -0.15) is 4.39 Å². The molecule has 0 spiro atoms. The van der Waals surface area contributed by atoms with E-state index in [0.29, 0.717) is 0 Å². The molecule has 3 nitrogen and oxygen atoms in total. The van der Waals surface area contributed by atoms with Crippen LogP contribution in [0.5, 0.6) is 11.6 Å². The van der Waals surface area contributed by atoms with Crippen molar-refractivity contribution >= 4 is 0 Å². The summed E-state index contributed by atoms with van der Waals surface area (Å²) in [5.41, 5.74) is 0. The molecule has 0 aliphatic carbocycles. The highest BCUT2D eigenvalue weighted by Gasteiger charge is 2.33. The van der Waals surface area contributed by atoms with Crippen LogP contribution in [-0.4, -0.2) is 18.5 Å².